The lowest BCUT2D eigenvalue weighted by Crippen LogP contribution is -2.35. The molecule has 6 rings (SSSR count). The molecule has 1 saturated heterocycles. The smallest absolute Gasteiger partial charge is 0.251 e. The van der Waals surface area contributed by atoms with E-state index in [9.17, 15) is 4.79 Å². The number of rotatable bonds is 8. The van der Waals surface area contributed by atoms with Crippen LogP contribution in [0.25, 0.3) is 16.9 Å². The Labute approximate surface area is 227 Å². The first kappa shape index (κ1) is 24.8. The van der Waals surface area contributed by atoms with E-state index in [-0.39, 0.29) is 5.91 Å². The van der Waals surface area contributed by atoms with Crippen molar-refractivity contribution in [2.24, 2.45) is 0 Å². The summed E-state index contributed by atoms with van der Waals surface area (Å²) in [6.07, 6.45) is 0. The predicted molar refractivity (Wildman–Crippen MR) is 152 cm³/mol. The van der Waals surface area contributed by atoms with Crippen molar-refractivity contribution < 1.29 is 9.53 Å². The highest BCUT2D eigenvalue weighted by molar-refractivity contribution is 5.94. The van der Waals surface area contributed by atoms with Crippen LogP contribution in [0.15, 0.2) is 97.1 Å². The molecule has 0 bridgehead atoms. The van der Waals surface area contributed by atoms with Crippen LogP contribution in [-0.2, 0) is 17.8 Å². The van der Waals surface area contributed by atoms with Crippen LogP contribution in [-0.4, -0.2) is 51.7 Å². The molecule has 0 atom stereocenters. The average Bonchev–Trinajstić information content (AvgIpc) is 3.40. The van der Waals surface area contributed by atoms with Gasteiger partial charge >= 0.3 is 0 Å². The lowest BCUT2D eigenvalue weighted by Gasteiger charge is -2.26. The topological polar surface area (TPSA) is 83.8 Å². The Bertz CT molecular complexity index is 1560. The first-order valence-electron chi connectivity index (χ1n) is 13.2. The molecule has 3 heterocycles. The molecular weight excluding hydrogens is 488 g/mol. The number of ether oxygens (including phenoxy) is 1. The van der Waals surface area contributed by atoms with Crippen LogP contribution in [0.3, 0.4) is 0 Å². The number of benzene rings is 3. The van der Waals surface area contributed by atoms with Gasteiger partial charge in [0.15, 0.2) is 5.65 Å². The summed E-state index contributed by atoms with van der Waals surface area (Å²) in [6.45, 7) is 4.86. The zero-order chi connectivity index (χ0) is 26.4. The molecule has 0 aliphatic carbocycles. The van der Waals surface area contributed by atoms with Crippen LogP contribution < -0.4 is 10.6 Å². The molecule has 1 aliphatic rings. The van der Waals surface area contributed by atoms with Crippen molar-refractivity contribution in [1.29, 1.82) is 0 Å². The van der Waals surface area contributed by atoms with Crippen LogP contribution in [0.5, 0.6) is 0 Å². The van der Waals surface area contributed by atoms with Crippen LogP contribution in [0, 0.1) is 0 Å². The van der Waals surface area contributed by atoms with Crippen LogP contribution in [0.1, 0.15) is 21.5 Å². The lowest BCUT2D eigenvalue weighted by atomic mass is 10.1. The average molecular weight is 519 g/mol. The maximum atomic E-state index is 12.9. The van der Waals surface area contributed by atoms with E-state index in [1.807, 2.05) is 83.4 Å². The van der Waals surface area contributed by atoms with Gasteiger partial charge < -0.3 is 15.4 Å². The molecule has 3 aromatic carbocycles. The zero-order valence-electron chi connectivity index (χ0n) is 21.6. The molecule has 5 aromatic rings. The van der Waals surface area contributed by atoms with Gasteiger partial charge in [0.05, 0.1) is 18.9 Å². The summed E-state index contributed by atoms with van der Waals surface area (Å²) in [5.41, 5.74) is 6.45. The number of pyridine rings is 1. The molecule has 1 fully saturated rings. The molecule has 1 aliphatic heterocycles. The molecule has 8 heteroatoms. The molecule has 0 radical (unpaired) electrons. The fraction of sp³-hybridized carbons (Fsp3) is 0.194. The lowest BCUT2D eigenvalue weighted by molar-refractivity contribution is 0.0342. The summed E-state index contributed by atoms with van der Waals surface area (Å²) < 4.78 is 7.25. The van der Waals surface area contributed by atoms with Crippen molar-refractivity contribution in [3.05, 3.63) is 114 Å². The van der Waals surface area contributed by atoms with Crippen molar-refractivity contribution in [2.45, 2.75) is 13.1 Å². The van der Waals surface area contributed by atoms with E-state index in [0.717, 1.165) is 61.0 Å². The van der Waals surface area contributed by atoms with Crippen molar-refractivity contribution in [3.63, 3.8) is 0 Å². The molecule has 8 nitrogen and oxygen atoms in total. The third-order valence-corrected chi connectivity index (χ3v) is 6.79. The number of nitrogens with zero attached hydrogens (tertiary/aromatic N) is 4. The highest BCUT2D eigenvalue weighted by Gasteiger charge is 2.13. The third kappa shape index (κ3) is 5.98. The van der Waals surface area contributed by atoms with E-state index in [4.69, 9.17) is 4.74 Å². The van der Waals surface area contributed by atoms with Gasteiger partial charge in [-0.3, -0.25) is 9.69 Å². The molecule has 39 heavy (non-hydrogen) atoms. The summed E-state index contributed by atoms with van der Waals surface area (Å²) in [7, 11) is 0. The van der Waals surface area contributed by atoms with Gasteiger partial charge in [-0.2, -0.15) is 4.98 Å². The number of hydrogen-bond donors (Lipinski definition) is 2. The van der Waals surface area contributed by atoms with Crippen molar-refractivity contribution in [2.75, 3.05) is 31.6 Å². The largest absolute Gasteiger partial charge is 0.379 e. The van der Waals surface area contributed by atoms with Crippen molar-refractivity contribution >= 4 is 23.2 Å². The zero-order valence-corrected chi connectivity index (χ0v) is 21.6. The van der Waals surface area contributed by atoms with Crippen molar-refractivity contribution in [3.8, 4) is 11.3 Å². The van der Waals surface area contributed by atoms with E-state index in [0.29, 0.717) is 18.1 Å². The van der Waals surface area contributed by atoms with Gasteiger partial charge in [0, 0.05) is 43.0 Å². The molecule has 2 N–H and O–H groups in total. The summed E-state index contributed by atoms with van der Waals surface area (Å²) in [5, 5.41) is 11.0. The summed E-state index contributed by atoms with van der Waals surface area (Å²) >= 11 is 0. The van der Waals surface area contributed by atoms with E-state index in [1.165, 1.54) is 5.56 Å². The second kappa shape index (κ2) is 11.5. The molecule has 1 amide bonds. The predicted octanol–water partition coefficient (Wildman–Crippen LogP) is 4.90. The first-order valence-corrected chi connectivity index (χ1v) is 13.2. The van der Waals surface area contributed by atoms with E-state index < -0.39 is 0 Å². The standard InChI is InChI=1S/C31H30N6O2/c38-30(32-21-23-6-4-7-24(20-23)22-36-16-18-39-19-17-36)26-14-12-25(13-15-26)28-10-5-11-29-34-31(35-37(28)29)33-27-8-2-1-3-9-27/h1-15,20H,16-19,21-22H2,(H,32,38)(H,33,35). The van der Waals surface area contributed by atoms with Gasteiger partial charge in [-0.15, -0.1) is 5.10 Å². The number of amides is 1. The SMILES string of the molecule is O=C(NCc1cccc(CN2CCOCC2)c1)c1ccc(-c2cccc3nc(Nc4ccccc4)nn23)cc1. The van der Waals surface area contributed by atoms with Gasteiger partial charge in [0.25, 0.3) is 5.91 Å². The van der Waals surface area contributed by atoms with Gasteiger partial charge in [0.2, 0.25) is 5.95 Å². The fourth-order valence-electron chi connectivity index (χ4n) is 4.76. The second-order valence-corrected chi connectivity index (χ2v) is 9.58. The van der Waals surface area contributed by atoms with Crippen molar-refractivity contribution in [1.82, 2.24) is 24.8 Å². The Morgan fingerprint density at radius 3 is 2.44 bits per heavy atom. The Morgan fingerprint density at radius 2 is 1.62 bits per heavy atom. The molecule has 0 unspecified atom stereocenters. The molecule has 0 saturated carbocycles. The molecular formula is C31H30N6O2. The number of nitrogens with one attached hydrogen (secondary N) is 2. The van der Waals surface area contributed by atoms with E-state index >= 15 is 0 Å². The Hall–Kier alpha value is -4.53. The van der Waals surface area contributed by atoms with Gasteiger partial charge in [-0.25, -0.2) is 4.52 Å². The minimum Gasteiger partial charge on any atom is -0.379 e. The number of anilines is 2. The highest BCUT2D eigenvalue weighted by Crippen LogP contribution is 2.23. The molecule has 2 aromatic heterocycles. The summed E-state index contributed by atoms with van der Waals surface area (Å²) in [6, 6.07) is 31.7. The van der Waals surface area contributed by atoms with Gasteiger partial charge in [-0.05, 0) is 47.5 Å². The molecule has 0 spiro atoms. The molecule has 196 valence electrons. The number of morpholine rings is 1. The monoisotopic (exact) mass is 518 g/mol. The number of carbonyl (C=O) groups is 1. The van der Waals surface area contributed by atoms with E-state index in [2.05, 4.69) is 43.8 Å². The number of hydrogen-bond acceptors (Lipinski definition) is 6. The number of para-hydroxylation sites is 1. The van der Waals surface area contributed by atoms with E-state index in [1.54, 1.807) is 0 Å². The normalized spacial score (nSPS) is 13.8. The maximum absolute atomic E-state index is 12.9. The second-order valence-electron chi connectivity index (χ2n) is 9.58. The Morgan fingerprint density at radius 1 is 0.846 bits per heavy atom. The van der Waals surface area contributed by atoms with Crippen LogP contribution in [0.2, 0.25) is 0 Å². The minimum absolute atomic E-state index is 0.103. The van der Waals surface area contributed by atoms with Crippen LogP contribution >= 0.6 is 0 Å². The maximum Gasteiger partial charge on any atom is 0.251 e. The minimum atomic E-state index is -0.103. The third-order valence-electron chi connectivity index (χ3n) is 6.79. The van der Waals surface area contributed by atoms with Crippen LogP contribution in [0.4, 0.5) is 11.6 Å². The summed E-state index contributed by atoms with van der Waals surface area (Å²) in [5.74, 6) is 0.423. The van der Waals surface area contributed by atoms with Gasteiger partial charge in [0.1, 0.15) is 0 Å². The number of fused-ring (bicyclic) bond motifs is 1. The highest BCUT2D eigenvalue weighted by atomic mass is 16.5. The first-order chi connectivity index (χ1) is 19.2. The number of carbonyl (C=O) groups excluding carboxylic acids is 1. The van der Waals surface area contributed by atoms with Gasteiger partial charge in [-0.1, -0.05) is 60.7 Å². The number of aromatic nitrogens is 3. The Balaban J connectivity index is 1.11. The Kier molecular flexibility index (Phi) is 7.29. The fourth-order valence-corrected chi connectivity index (χ4v) is 4.76. The summed E-state index contributed by atoms with van der Waals surface area (Å²) in [4.78, 5) is 19.9. The quantitative estimate of drug-likeness (QED) is 0.304.